The summed E-state index contributed by atoms with van der Waals surface area (Å²) in [6.07, 6.45) is -1.21. The predicted octanol–water partition coefficient (Wildman–Crippen LogP) is 6.35. The van der Waals surface area contributed by atoms with Crippen molar-refractivity contribution in [1.82, 2.24) is 19.4 Å². The molecule has 268 valence electrons. The second-order valence-corrected chi connectivity index (χ2v) is 12.9. The maximum atomic E-state index is 13.9. The van der Waals surface area contributed by atoms with Crippen LogP contribution in [0, 0.1) is 0 Å². The number of fused-ring (bicyclic) bond motifs is 1. The summed E-state index contributed by atoms with van der Waals surface area (Å²) in [6.45, 7) is 3.38. The van der Waals surface area contributed by atoms with Crippen LogP contribution in [0.2, 0.25) is 0 Å². The molecule has 3 heterocycles. The zero-order valence-corrected chi connectivity index (χ0v) is 28.7. The van der Waals surface area contributed by atoms with Crippen LogP contribution in [0.15, 0.2) is 66.7 Å². The number of nitrogens with one attached hydrogen (secondary N) is 1. The van der Waals surface area contributed by atoms with Crippen LogP contribution in [0.4, 0.5) is 19.1 Å². The van der Waals surface area contributed by atoms with Gasteiger partial charge in [-0.15, -0.1) is 13.2 Å². The summed E-state index contributed by atoms with van der Waals surface area (Å²) in [7, 11) is 4.61. The molecule has 0 spiro atoms. The number of halogens is 3. The molecule has 10 nitrogen and oxygen atoms in total. The van der Waals surface area contributed by atoms with Gasteiger partial charge in [0.1, 0.15) is 0 Å². The fraction of sp³-hybridized carbons (Fsp3) is 0.459. The molecule has 3 aromatic carbocycles. The number of nitrogens with zero attached hydrogens (tertiary/aromatic N) is 4. The average molecular weight is 696 g/mol. The van der Waals surface area contributed by atoms with Crippen molar-refractivity contribution in [1.29, 1.82) is 0 Å². The topological polar surface area (TPSA) is 90.3 Å². The lowest BCUT2D eigenvalue weighted by Crippen LogP contribution is -2.42. The number of para-hydroxylation sites is 2. The highest BCUT2D eigenvalue weighted by atomic mass is 19.4. The van der Waals surface area contributed by atoms with Gasteiger partial charge in [-0.2, -0.15) is 0 Å². The predicted molar refractivity (Wildman–Crippen MR) is 184 cm³/mol. The van der Waals surface area contributed by atoms with E-state index in [4.69, 9.17) is 19.2 Å². The van der Waals surface area contributed by atoms with E-state index in [-0.39, 0.29) is 23.9 Å². The molecule has 6 rings (SSSR count). The van der Waals surface area contributed by atoms with Gasteiger partial charge in [0.2, 0.25) is 11.7 Å². The van der Waals surface area contributed by atoms with Crippen LogP contribution in [0.5, 0.6) is 17.2 Å². The molecule has 1 atom stereocenters. The van der Waals surface area contributed by atoms with Crippen molar-refractivity contribution in [2.45, 2.75) is 50.0 Å². The number of benzene rings is 3. The highest BCUT2D eigenvalue weighted by molar-refractivity contribution is 5.96. The third-order valence-electron chi connectivity index (χ3n) is 10.0. The number of hydrogen-bond donors (Lipinski definition) is 1. The summed E-state index contributed by atoms with van der Waals surface area (Å²) in [5.74, 6) is 1.80. The van der Waals surface area contributed by atoms with Crippen molar-refractivity contribution < 1.29 is 36.9 Å². The van der Waals surface area contributed by atoms with Gasteiger partial charge >= 0.3 is 6.36 Å². The van der Waals surface area contributed by atoms with E-state index in [2.05, 4.69) is 39.2 Å². The summed E-state index contributed by atoms with van der Waals surface area (Å²) in [6, 6.07) is 21.4. The van der Waals surface area contributed by atoms with E-state index in [1.165, 1.54) is 26.9 Å². The summed E-state index contributed by atoms with van der Waals surface area (Å²) < 4.78 is 60.4. The minimum absolute atomic E-state index is 0.0296. The Labute approximate surface area is 290 Å². The highest BCUT2D eigenvalue weighted by Gasteiger charge is 2.42. The summed E-state index contributed by atoms with van der Waals surface area (Å²) in [5.41, 5.74) is 3.00. The maximum Gasteiger partial charge on any atom is 0.522 e. The summed E-state index contributed by atoms with van der Waals surface area (Å²) in [4.78, 5) is 23.0. The number of alkyl halides is 3. The Balaban J connectivity index is 1.10. The standard InChI is InChI=1S/C37H44F3N5O5/c1-47-31-23-26(24-32(48-2)33(31)49-3)34(46)44-20-16-36(25-44,27-9-5-4-6-10-27)15-19-43-17-13-28(14-18-43)41-35-42-29-11-7-8-12-30(29)45(35)21-22-50-37(38,39)40/h4-12,23-24,28H,13-22,25H2,1-3H3,(H,41,42). The molecule has 2 fully saturated rings. The fourth-order valence-corrected chi connectivity index (χ4v) is 7.33. The lowest BCUT2D eigenvalue weighted by molar-refractivity contribution is -0.325. The van der Waals surface area contributed by atoms with E-state index in [1.54, 1.807) is 16.7 Å². The largest absolute Gasteiger partial charge is 0.522 e. The number of likely N-dealkylation sites (tertiary alicyclic amines) is 2. The normalized spacial score (nSPS) is 18.8. The third kappa shape index (κ3) is 7.78. The molecule has 4 aromatic rings. The minimum atomic E-state index is -4.68. The van der Waals surface area contributed by atoms with E-state index in [0.717, 1.165) is 56.4 Å². The first-order chi connectivity index (χ1) is 24.1. The van der Waals surface area contributed by atoms with Crippen LogP contribution in [-0.2, 0) is 16.7 Å². The van der Waals surface area contributed by atoms with Gasteiger partial charge in [-0.1, -0.05) is 42.5 Å². The number of ether oxygens (including phenoxy) is 4. The third-order valence-corrected chi connectivity index (χ3v) is 10.0. The number of rotatable bonds is 13. The van der Waals surface area contributed by atoms with Gasteiger partial charge in [-0.3, -0.25) is 9.53 Å². The Hall–Kier alpha value is -4.49. The molecule has 2 aliphatic heterocycles. The van der Waals surface area contributed by atoms with Crippen LogP contribution in [0.1, 0.15) is 41.6 Å². The lowest BCUT2D eigenvalue weighted by Gasteiger charge is -2.36. The first-order valence-corrected chi connectivity index (χ1v) is 16.9. The molecule has 50 heavy (non-hydrogen) atoms. The van der Waals surface area contributed by atoms with Crippen LogP contribution in [0.3, 0.4) is 0 Å². The molecule has 1 N–H and O–H groups in total. The first-order valence-electron chi connectivity index (χ1n) is 16.9. The van der Waals surface area contributed by atoms with E-state index >= 15 is 0 Å². The average Bonchev–Trinajstić information content (AvgIpc) is 3.72. The van der Waals surface area contributed by atoms with Gasteiger partial charge in [-0.25, -0.2) is 4.98 Å². The van der Waals surface area contributed by atoms with Crippen molar-refractivity contribution in [3.05, 3.63) is 77.9 Å². The Morgan fingerprint density at radius 3 is 2.26 bits per heavy atom. The molecular weight excluding hydrogens is 651 g/mol. The number of carbonyl (C=O) groups is 1. The van der Waals surface area contributed by atoms with Crippen LogP contribution < -0.4 is 19.5 Å². The molecule has 1 aromatic heterocycles. The zero-order chi connectivity index (χ0) is 35.3. The van der Waals surface area contributed by atoms with Crippen molar-refractivity contribution >= 4 is 22.9 Å². The SMILES string of the molecule is COc1cc(C(=O)N2CCC(CCN3CCC(Nc4nc5ccccc5n4CCOC(F)(F)F)CC3)(c3ccccc3)C2)cc(OC)c1OC. The Bertz CT molecular complexity index is 1730. The zero-order valence-electron chi connectivity index (χ0n) is 28.7. The first kappa shape index (κ1) is 35.3. The Morgan fingerprint density at radius 1 is 0.920 bits per heavy atom. The van der Waals surface area contributed by atoms with Gasteiger partial charge in [0.05, 0.1) is 39.0 Å². The van der Waals surface area contributed by atoms with Gasteiger partial charge in [0.25, 0.3) is 5.91 Å². The molecule has 0 radical (unpaired) electrons. The summed E-state index contributed by atoms with van der Waals surface area (Å²) in [5, 5.41) is 3.51. The van der Waals surface area contributed by atoms with E-state index in [0.29, 0.717) is 41.8 Å². The fourth-order valence-electron chi connectivity index (χ4n) is 7.33. The number of anilines is 1. The van der Waals surface area contributed by atoms with Crippen molar-refractivity contribution in [2.24, 2.45) is 0 Å². The smallest absolute Gasteiger partial charge is 0.493 e. The number of amides is 1. The molecule has 1 unspecified atom stereocenters. The van der Waals surface area contributed by atoms with Crippen molar-refractivity contribution in [3.8, 4) is 17.2 Å². The molecule has 2 saturated heterocycles. The molecular formula is C37H44F3N5O5. The number of methoxy groups -OCH3 is 3. The Kier molecular flexibility index (Phi) is 10.7. The second-order valence-electron chi connectivity index (χ2n) is 12.9. The molecule has 2 aliphatic rings. The van der Waals surface area contributed by atoms with Gasteiger partial charge in [-0.05, 0) is 62.1 Å². The maximum absolute atomic E-state index is 13.9. The summed E-state index contributed by atoms with van der Waals surface area (Å²) >= 11 is 0. The van der Waals surface area contributed by atoms with Crippen LogP contribution in [-0.4, -0.2) is 98.3 Å². The number of aromatic nitrogens is 2. The van der Waals surface area contributed by atoms with Crippen molar-refractivity contribution in [2.75, 3.05) is 66.0 Å². The quantitative estimate of drug-likeness (QED) is 0.173. The molecule has 0 aliphatic carbocycles. The van der Waals surface area contributed by atoms with Gasteiger partial charge in [0.15, 0.2) is 11.5 Å². The monoisotopic (exact) mass is 695 g/mol. The molecule has 13 heteroatoms. The minimum Gasteiger partial charge on any atom is -0.493 e. The van der Waals surface area contributed by atoms with Crippen LogP contribution in [0.25, 0.3) is 11.0 Å². The Morgan fingerprint density at radius 2 is 1.60 bits per heavy atom. The molecule has 0 bridgehead atoms. The van der Waals surface area contributed by atoms with Crippen molar-refractivity contribution in [3.63, 3.8) is 0 Å². The van der Waals surface area contributed by atoms with Gasteiger partial charge in [0, 0.05) is 49.7 Å². The molecule has 0 saturated carbocycles. The number of hydrogen-bond acceptors (Lipinski definition) is 8. The van der Waals surface area contributed by atoms with Crippen LogP contribution >= 0.6 is 0 Å². The number of carbonyl (C=O) groups excluding carboxylic acids is 1. The number of piperidine rings is 1. The highest BCUT2D eigenvalue weighted by Crippen LogP contribution is 2.41. The second kappa shape index (κ2) is 15.2. The number of imidazole rings is 1. The lowest BCUT2D eigenvalue weighted by atomic mass is 9.76. The molecule has 1 amide bonds. The van der Waals surface area contributed by atoms with E-state index < -0.39 is 13.0 Å². The van der Waals surface area contributed by atoms with E-state index in [1.807, 2.05) is 35.2 Å². The van der Waals surface area contributed by atoms with E-state index in [9.17, 15) is 18.0 Å². The van der Waals surface area contributed by atoms with Gasteiger partial charge < -0.3 is 33.9 Å².